The molecule has 0 atom stereocenters. The fraction of sp³-hybridized carbons (Fsp3) is 0.412. The number of esters is 1. The van der Waals surface area contributed by atoms with E-state index in [1.54, 1.807) is 12.1 Å². The summed E-state index contributed by atoms with van der Waals surface area (Å²) in [6.07, 6.45) is 1.18. The topological polar surface area (TPSA) is 73.6 Å². The van der Waals surface area contributed by atoms with Gasteiger partial charge in [0.05, 0.1) is 17.9 Å². The largest absolute Gasteiger partial charge is 0.472 e. The van der Waals surface area contributed by atoms with Crippen LogP contribution >= 0.6 is 0 Å². The molecule has 0 fully saturated rings. The maximum Gasteiger partial charge on any atom is 0.338 e. The molecule has 0 amide bonds. The summed E-state index contributed by atoms with van der Waals surface area (Å²) in [5.41, 5.74) is 2.29. The van der Waals surface area contributed by atoms with Crippen molar-refractivity contribution in [1.29, 1.82) is 0 Å². The number of hydrogen-bond acceptors (Lipinski definition) is 5. The van der Waals surface area contributed by atoms with E-state index in [1.807, 2.05) is 26.0 Å². The van der Waals surface area contributed by atoms with Gasteiger partial charge in [0.1, 0.15) is 6.61 Å². The Kier molecular flexibility index (Phi) is 5.26. The van der Waals surface area contributed by atoms with Crippen LogP contribution in [0.5, 0.6) is 5.88 Å². The van der Waals surface area contributed by atoms with E-state index in [9.17, 15) is 10.0 Å². The Balaban J connectivity index is 2.31. The van der Waals surface area contributed by atoms with Crippen molar-refractivity contribution < 1.29 is 19.5 Å². The molecular weight excluding hydrogens is 296 g/mol. The van der Waals surface area contributed by atoms with E-state index < -0.39 is 0 Å². The molecular formula is C17H22N2O4. The Morgan fingerprint density at radius 3 is 2.57 bits per heavy atom. The van der Waals surface area contributed by atoms with Gasteiger partial charge in [0.15, 0.2) is 0 Å². The van der Waals surface area contributed by atoms with Crippen LogP contribution in [-0.4, -0.2) is 27.2 Å². The van der Waals surface area contributed by atoms with Crippen LogP contribution in [0, 0.1) is 0 Å². The fourth-order valence-electron chi connectivity index (χ4n) is 2.30. The van der Waals surface area contributed by atoms with E-state index in [2.05, 4.69) is 18.9 Å². The quantitative estimate of drug-likeness (QED) is 0.653. The summed E-state index contributed by atoms with van der Waals surface area (Å²) in [5, 5.41) is 12.9. The van der Waals surface area contributed by atoms with Crippen molar-refractivity contribution in [3.8, 4) is 5.88 Å². The molecule has 0 aliphatic rings. The minimum Gasteiger partial charge on any atom is -0.472 e. The Morgan fingerprint density at radius 1 is 1.26 bits per heavy atom. The molecule has 1 aromatic carbocycles. The van der Waals surface area contributed by atoms with Crippen molar-refractivity contribution >= 4 is 5.97 Å². The number of rotatable bonds is 6. The van der Waals surface area contributed by atoms with E-state index in [-0.39, 0.29) is 30.5 Å². The van der Waals surface area contributed by atoms with E-state index in [4.69, 9.17) is 9.47 Å². The van der Waals surface area contributed by atoms with Crippen molar-refractivity contribution in [3.63, 3.8) is 0 Å². The summed E-state index contributed by atoms with van der Waals surface area (Å²) >= 11 is 0. The van der Waals surface area contributed by atoms with Crippen molar-refractivity contribution in [3.05, 3.63) is 47.2 Å². The number of carbonyl (C=O) groups is 1. The first kappa shape index (κ1) is 16.9. The molecule has 2 aromatic rings. The minimum atomic E-state index is -0.367. The van der Waals surface area contributed by atoms with Crippen molar-refractivity contribution in [2.45, 2.75) is 46.3 Å². The van der Waals surface area contributed by atoms with Gasteiger partial charge in [-0.1, -0.05) is 31.1 Å². The summed E-state index contributed by atoms with van der Waals surface area (Å²) in [5.74, 6) is 0.152. The van der Waals surface area contributed by atoms with Gasteiger partial charge in [-0.2, -0.15) is 0 Å². The summed E-state index contributed by atoms with van der Waals surface area (Å²) < 4.78 is 10.9. The molecule has 0 bridgehead atoms. The highest BCUT2D eigenvalue weighted by atomic mass is 16.5. The van der Waals surface area contributed by atoms with Gasteiger partial charge in [0, 0.05) is 11.6 Å². The lowest BCUT2D eigenvalue weighted by Gasteiger charge is -2.17. The van der Waals surface area contributed by atoms with Crippen molar-refractivity contribution in [1.82, 2.24) is 9.94 Å². The highest BCUT2D eigenvalue weighted by molar-refractivity contribution is 5.91. The van der Waals surface area contributed by atoms with E-state index in [0.717, 1.165) is 11.1 Å². The number of aromatic nitrogens is 2. The molecule has 6 nitrogen and oxygen atoms in total. The third-order valence-electron chi connectivity index (χ3n) is 3.31. The summed E-state index contributed by atoms with van der Waals surface area (Å²) in [6.45, 7) is 7.91. The SMILES string of the molecule is CC(C)OC(=O)c1cccc(C(C)C)c1COc1ccn(O)n1. The van der Waals surface area contributed by atoms with Crippen LogP contribution in [0.25, 0.3) is 0 Å². The van der Waals surface area contributed by atoms with Crippen LogP contribution in [0.15, 0.2) is 30.5 Å². The summed E-state index contributed by atoms with van der Waals surface area (Å²) in [4.78, 5) is 13.0. The Bertz CT molecular complexity index is 677. The lowest BCUT2D eigenvalue weighted by molar-refractivity contribution is 0.0374. The predicted octanol–water partition coefficient (Wildman–Crippen LogP) is 3.39. The van der Waals surface area contributed by atoms with Crippen molar-refractivity contribution in [2.75, 3.05) is 0 Å². The molecule has 0 radical (unpaired) electrons. The van der Waals surface area contributed by atoms with Crippen LogP contribution in [0.4, 0.5) is 0 Å². The summed E-state index contributed by atoms with van der Waals surface area (Å²) in [7, 11) is 0. The van der Waals surface area contributed by atoms with Gasteiger partial charge in [-0.25, -0.2) is 4.79 Å². The van der Waals surface area contributed by atoms with Gasteiger partial charge in [0.2, 0.25) is 5.88 Å². The highest BCUT2D eigenvalue weighted by Gasteiger charge is 2.19. The smallest absolute Gasteiger partial charge is 0.338 e. The van der Waals surface area contributed by atoms with Gasteiger partial charge in [-0.15, -0.1) is 4.85 Å². The zero-order chi connectivity index (χ0) is 17.0. The second kappa shape index (κ2) is 7.17. The highest BCUT2D eigenvalue weighted by Crippen LogP contribution is 2.25. The predicted molar refractivity (Wildman–Crippen MR) is 84.8 cm³/mol. The molecule has 0 spiro atoms. The molecule has 2 rings (SSSR count). The first-order valence-corrected chi connectivity index (χ1v) is 7.59. The molecule has 6 heteroatoms. The molecule has 23 heavy (non-hydrogen) atoms. The third kappa shape index (κ3) is 4.25. The number of hydrogen-bond donors (Lipinski definition) is 1. The third-order valence-corrected chi connectivity index (χ3v) is 3.31. The number of nitrogens with zero attached hydrogens (tertiary/aromatic N) is 2. The summed E-state index contributed by atoms with van der Waals surface area (Å²) in [6, 6.07) is 7.10. The molecule has 0 saturated heterocycles. The van der Waals surface area contributed by atoms with Crippen LogP contribution < -0.4 is 4.74 Å². The Morgan fingerprint density at radius 2 is 2.00 bits per heavy atom. The minimum absolute atomic E-state index is 0.174. The van der Waals surface area contributed by atoms with Gasteiger partial charge < -0.3 is 14.7 Å². The van der Waals surface area contributed by atoms with Crippen LogP contribution in [0.2, 0.25) is 0 Å². The molecule has 0 aliphatic heterocycles. The maximum absolute atomic E-state index is 12.3. The lowest BCUT2D eigenvalue weighted by atomic mass is 9.93. The van der Waals surface area contributed by atoms with Gasteiger partial charge in [0.25, 0.3) is 0 Å². The zero-order valence-electron chi connectivity index (χ0n) is 13.8. The van der Waals surface area contributed by atoms with Crippen LogP contribution in [0.3, 0.4) is 0 Å². The van der Waals surface area contributed by atoms with Crippen molar-refractivity contribution in [2.24, 2.45) is 0 Å². The first-order valence-electron chi connectivity index (χ1n) is 7.59. The molecule has 0 aliphatic carbocycles. The first-order chi connectivity index (χ1) is 10.9. The number of carbonyl (C=O) groups excluding carboxylic acids is 1. The lowest BCUT2D eigenvalue weighted by Crippen LogP contribution is -2.16. The fourth-order valence-corrected chi connectivity index (χ4v) is 2.30. The second-order valence-corrected chi connectivity index (χ2v) is 5.85. The Hall–Kier alpha value is -2.50. The van der Waals surface area contributed by atoms with E-state index in [1.165, 1.54) is 6.20 Å². The molecule has 0 saturated carbocycles. The average Bonchev–Trinajstić information content (AvgIpc) is 2.89. The monoisotopic (exact) mass is 318 g/mol. The van der Waals surface area contributed by atoms with E-state index >= 15 is 0 Å². The van der Waals surface area contributed by atoms with Gasteiger partial charge >= 0.3 is 5.97 Å². The number of ether oxygens (including phenoxy) is 2. The van der Waals surface area contributed by atoms with Crippen LogP contribution in [-0.2, 0) is 11.3 Å². The average molecular weight is 318 g/mol. The normalized spacial score (nSPS) is 11.0. The standard InChI is InChI=1S/C17H22N2O4/c1-11(2)13-6-5-7-14(17(20)23-12(3)4)15(13)10-22-16-8-9-19(21)18-16/h5-9,11-12,21H,10H2,1-4H3. The molecule has 1 N–H and O–H groups in total. The molecule has 1 heterocycles. The van der Waals surface area contributed by atoms with Crippen LogP contribution in [0.1, 0.15) is 55.1 Å². The number of benzene rings is 1. The molecule has 124 valence electrons. The second-order valence-electron chi connectivity index (χ2n) is 5.85. The van der Waals surface area contributed by atoms with E-state index in [0.29, 0.717) is 10.4 Å². The van der Waals surface area contributed by atoms with Gasteiger partial charge in [-0.05, 0) is 31.4 Å². The maximum atomic E-state index is 12.3. The zero-order valence-corrected chi connectivity index (χ0v) is 13.8. The van der Waals surface area contributed by atoms with Gasteiger partial charge in [-0.3, -0.25) is 0 Å². The molecule has 0 unspecified atom stereocenters. The Labute approximate surface area is 135 Å². The molecule has 1 aromatic heterocycles.